The second kappa shape index (κ2) is 56.1. The number of carboxylic acids is 1. The third kappa shape index (κ3) is 36.4. The number of fused-ring (bicyclic) bond motifs is 3. The van der Waals surface area contributed by atoms with Crippen LogP contribution in [0.15, 0.2) is 19.0 Å². The third-order valence-electron chi connectivity index (χ3n) is 23.6. The first-order chi connectivity index (χ1) is 64.6. The Bertz CT molecular complexity index is 4970. The van der Waals surface area contributed by atoms with E-state index in [1.54, 1.807) is 0 Å². The van der Waals surface area contributed by atoms with Crippen LogP contribution in [0.5, 0.6) is 0 Å². The Morgan fingerprint density at radius 2 is 0.766 bits per heavy atom. The van der Waals surface area contributed by atoms with Crippen molar-refractivity contribution < 1.29 is 129 Å². The molecule has 0 saturated carbocycles. The van der Waals surface area contributed by atoms with Crippen LogP contribution in [0.1, 0.15) is 274 Å². The second-order valence-electron chi connectivity index (χ2n) is 36.5. The minimum Gasteiger partial charge on any atom is -0.481 e. The lowest BCUT2D eigenvalue weighted by Crippen LogP contribution is -2.49. The van der Waals surface area contributed by atoms with Crippen LogP contribution in [-0.4, -0.2) is 241 Å². The van der Waals surface area contributed by atoms with Crippen molar-refractivity contribution in [3.63, 3.8) is 0 Å². The molecule has 0 unspecified atom stereocenters. The fourth-order valence-corrected chi connectivity index (χ4v) is 14.2. The molecule has 6 aromatic heterocycles. The summed E-state index contributed by atoms with van der Waals surface area (Å²) < 4.78 is 106. The van der Waals surface area contributed by atoms with Crippen molar-refractivity contribution in [3.8, 4) is 37.0 Å². The van der Waals surface area contributed by atoms with Crippen LogP contribution < -0.4 is 17.2 Å². The van der Waals surface area contributed by atoms with Gasteiger partial charge in [-0.3, -0.25) is 52.1 Å². The summed E-state index contributed by atoms with van der Waals surface area (Å²) in [5.74, 6) is 2.16. The Balaban J connectivity index is 0.000000328. The number of carboxylic acid groups (broad SMARTS) is 1. The monoisotopic (exact) mass is 1990 g/mol. The predicted octanol–water partition coefficient (Wildman–Crippen LogP) is 12.7. The number of aliphatic hydroxyl groups is 4. The van der Waals surface area contributed by atoms with Crippen LogP contribution in [0.25, 0.3) is 33.5 Å². The minimum atomic E-state index is -2.10. The SMILES string of the molecule is C#C[C@]1(CO)O[C@@H](n2cnc3c(N)nc(F)nc32)C[C@@H]1O.C#C[C@]1(CO)O[C@@H](n2cnc3c(N)nc(F)nc32)C[C@@H]1OC(=O)CCCC(=O)OC(COC(=O)CCCCCC)COC(=O)CCCCCC.C#C[C@]1(CO[Si](C)(C)C(C)(C)C)O[C@@H](n2cnc3c(N)nc(F)nc32)C[C@@H]1O.CC(C)(C)[Si](C)(C)Cl.CCCCCCC(=O)OCC(COC(=O)CCCCCC)OC(=O)CCCC(=O)O. The van der Waals surface area contributed by atoms with Crippen LogP contribution in [0, 0.1) is 55.3 Å². The average Bonchev–Trinajstić information content (AvgIpc) is 1.63. The number of unbranched alkanes of at least 4 members (excludes halogenated alkanes) is 12. The molecule has 3 fully saturated rings. The maximum Gasteiger partial charge on any atom is 0.312 e. The molecule has 3 saturated heterocycles. The van der Waals surface area contributed by atoms with Gasteiger partial charge in [-0.25, -0.2) is 15.0 Å². The zero-order valence-electron chi connectivity index (χ0n) is 81.1. The molecule has 0 aliphatic carbocycles. The van der Waals surface area contributed by atoms with E-state index >= 15 is 0 Å². The molecule has 0 radical (unpaired) electrons. The van der Waals surface area contributed by atoms with Gasteiger partial charge >= 0.3 is 66.0 Å². The number of aliphatic hydroxyl groups excluding tert-OH is 4. The third-order valence-corrected chi connectivity index (χ3v) is 33.3. The molecule has 0 amide bonds. The number of rotatable bonds is 47. The number of anilines is 3. The molecule has 762 valence electrons. The number of imidazole rings is 3. The van der Waals surface area contributed by atoms with Crippen molar-refractivity contribution in [3.05, 3.63) is 37.2 Å². The Morgan fingerprint density at radius 1 is 0.467 bits per heavy atom. The highest BCUT2D eigenvalue weighted by Gasteiger charge is 2.53. The molecule has 11 N–H and O–H groups in total. The lowest BCUT2D eigenvalue weighted by molar-refractivity contribution is -0.167. The number of terminal acetylenes is 3. The summed E-state index contributed by atoms with van der Waals surface area (Å²) >= 11 is 6.15. The fraction of sp³-hybridized carbons (Fsp3) is 0.685. The summed E-state index contributed by atoms with van der Waals surface area (Å²) in [5, 5.41) is 49.1. The van der Waals surface area contributed by atoms with Crippen molar-refractivity contribution in [2.45, 2.75) is 358 Å². The molecule has 3 aliphatic rings. The number of nitrogen functional groups attached to an aromatic ring is 3. The smallest absolute Gasteiger partial charge is 0.312 e. The van der Waals surface area contributed by atoms with Crippen LogP contribution in [0.3, 0.4) is 0 Å². The van der Waals surface area contributed by atoms with Crippen LogP contribution in [-0.2, 0) is 90.2 Å². The molecule has 9 rings (SSSR count). The molecule has 9 heterocycles. The molecule has 3 aliphatic heterocycles. The number of ether oxygens (including phenoxy) is 10. The first kappa shape index (κ1) is 117. The first-order valence-corrected chi connectivity index (χ1v) is 53.3. The lowest BCUT2D eigenvalue weighted by Gasteiger charge is -2.39. The number of carbonyl (C=O) groups is 8. The summed E-state index contributed by atoms with van der Waals surface area (Å²) in [6, 6.07) is 0. The molecule has 45 heteroatoms. The zero-order chi connectivity index (χ0) is 102. The number of aliphatic carboxylic acids is 1. The highest BCUT2D eigenvalue weighted by Crippen LogP contribution is 2.45. The van der Waals surface area contributed by atoms with Gasteiger partial charge in [-0.15, -0.1) is 19.3 Å². The van der Waals surface area contributed by atoms with Gasteiger partial charge in [-0.05, 0) is 61.7 Å². The molecule has 0 spiro atoms. The quantitative estimate of drug-likeness (QED) is 0.00334. The van der Waals surface area contributed by atoms with E-state index in [4.69, 9.17) is 104 Å². The van der Waals surface area contributed by atoms with Gasteiger partial charge in [0.25, 0.3) is 0 Å². The molecular formula is C92H139ClF3N15O24Si2. The van der Waals surface area contributed by atoms with E-state index in [9.17, 15) is 72.0 Å². The highest BCUT2D eigenvalue weighted by molar-refractivity contribution is 7.20. The standard InChI is InChI=1S/C34H48FN5O10.C22H38O8.C18H26FN5O3Si.C12H12FN5O3.C6H15ClSi/c1-4-7-9-11-14-26(42)46-19-23(20-47-27(43)15-12-10-8-5-2)48-28(44)16-13-17-29(45)49-24-18-25(50-34(24,6-3)21-41)40-22-37-30-31(36)38-33(35)39-32(30)40;1-3-5-7-9-13-20(25)28-16-18(30-22(27)15-11-12-19(23)24)17-29-21(26)14-10-8-6-4-2;1-7-18(9-26-28(5,6)17(2,3)4)11(25)8-12(27-18)24-10-21-13-14(20)22-16(19)23-15(13)24;1-2-12(4-19)6(20)3-7(21-12)18-5-15-8-9(14)16-11(13)17-10(8)18;1-6(2,3)8(4,5)7/h3,22-25,41H,4-5,7-21H2,1-2H3,(H2,36,38,39);18H,3-17H2,1-2H3,(H,23,24);1,10-12,25H,8-9H2,2-6H3,(H2,20,22,23);1,5-7,19-20H,3-4H2,(H2,14,16,17);1-5H3/t24-,25+,34+;;11-,12+,18+;6-,7+,12+;/m0.00./s1. The van der Waals surface area contributed by atoms with Gasteiger partial charge in [-0.2, -0.15) is 54.2 Å². The normalized spacial score (nSPS) is 19.7. The van der Waals surface area contributed by atoms with Crippen LogP contribution in [0.2, 0.25) is 36.3 Å². The number of nitrogens with zero attached hydrogens (tertiary/aromatic N) is 12. The molecule has 0 aromatic carbocycles. The Morgan fingerprint density at radius 3 is 1.07 bits per heavy atom. The average molecular weight is 1990 g/mol. The maximum absolute atomic E-state index is 13.9. The van der Waals surface area contributed by atoms with E-state index in [1.807, 2.05) is 0 Å². The minimum absolute atomic E-state index is 0.0156. The maximum atomic E-state index is 13.9. The van der Waals surface area contributed by atoms with Gasteiger partial charge < -0.3 is 94.5 Å². The van der Waals surface area contributed by atoms with E-state index in [0.717, 1.165) is 89.9 Å². The summed E-state index contributed by atoms with van der Waals surface area (Å²) in [6.45, 7) is 27.7. The van der Waals surface area contributed by atoms with E-state index < -0.39 is 149 Å². The first-order valence-electron chi connectivity index (χ1n) is 46.4. The van der Waals surface area contributed by atoms with Crippen LogP contribution >= 0.6 is 11.1 Å². The van der Waals surface area contributed by atoms with Crippen molar-refractivity contribution in [2.75, 3.05) is 63.4 Å². The number of halogens is 4. The van der Waals surface area contributed by atoms with Gasteiger partial charge in [0.1, 0.15) is 63.4 Å². The van der Waals surface area contributed by atoms with Gasteiger partial charge in [-0.1, -0.05) is 177 Å². The Labute approximate surface area is 804 Å². The molecule has 6 aromatic rings. The molecular weight excluding hydrogens is 1850 g/mol. The number of aromatic nitrogens is 12. The number of carbonyl (C=O) groups excluding carboxylic acids is 7. The second-order valence-corrected chi connectivity index (χ2v) is 48.6. The van der Waals surface area contributed by atoms with E-state index in [2.05, 4.69) is 158 Å². The Hall–Kier alpha value is -10.3. The highest BCUT2D eigenvalue weighted by atomic mass is 35.6. The summed E-state index contributed by atoms with van der Waals surface area (Å²) in [7, 11) is -3.49. The number of hydrogen-bond acceptors (Lipinski definition) is 35. The topological polar surface area (TPSA) is 548 Å². The van der Waals surface area contributed by atoms with Gasteiger partial charge in [0.2, 0.25) is 0 Å². The molecule has 9 atom stereocenters. The summed E-state index contributed by atoms with van der Waals surface area (Å²) in [5.41, 5.74) is 13.4. The van der Waals surface area contributed by atoms with Gasteiger partial charge in [0.15, 0.2) is 95.7 Å². The summed E-state index contributed by atoms with van der Waals surface area (Å²) in [4.78, 5) is 130. The van der Waals surface area contributed by atoms with E-state index in [1.165, 1.54) is 32.7 Å². The zero-order valence-corrected chi connectivity index (χ0v) is 83.9. The fourth-order valence-electron chi connectivity index (χ4n) is 13.2. The number of esters is 7. The van der Waals surface area contributed by atoms with E-state index in [0.29, 0.717) is 17.9 Å². The van der Waals surface area contributed by atoms with Crippen molar-refractivity contribution in [1.82, 2.24) is 58.6 Å². The summed E-state index contributed by atoms with van der Waals surface area (Å²) in [6.07, 6.45) is 26.0. The molecule has 0 bridgehead atoms. The van der Waals surface area contributed by atoms with Crippen molar-refractivity contribution in [1.29, 1.82) is 0 Å². The van der Waals surface area contributed by atoms with Crippen molar-refractivity contribution >= 4 is 125 Å². The van der Waals surface area contributed by atoms with Crippen molar-refractivity contribution in [2.24, 2.45) is 0 Å². The molecule has 137 heavy (non-hydrogen) atoms. The van der Waals surface area contributed by atoms with Gasteiger partial charge in [0, 0.05) is 70.6 Å². The van der Waals surface area contributed by atoms with Crippen LogP contribution in [0.4, 0.5) is 30.6 Å². The number of hydrogen-bond donors (Lipinski definition) is 8. The number of nitrogens with two attached hydrogens (primary N) is 3. The Kier molecular flexibility index (Phi) is 48.0. The molecule has 39 nitrogen and oxygen atoms in total. The lowest BCUT2D eigenvalue weighted by atomic mass is 9.98. The largest absolute Gasteiger partial charge is 0.481 e. The van der Waals surface area contributed by atoms with E-state index in [-0.39, 0.29) is 184 Å². The van der Waals surface area contributed by atoms with Gasteiger partial charge in [0.05, 0.1) is 38.8 Å². The predicted molar refractivity (Wildman–Crippen MR) is 504 cm³/mol.